The molecular weight excluding hydrogens is 1100 g/mol. The van der Waals surface area contributed by atoms with Crippen molar-refractivity contribution in [2.24, 2.45) is 0 Å². The van der Waals surface area contributed by atoms with Gasteiger partial charge in [0, 0.05) is 12.8 Å². The van der Waals surface area contributed by atoms with E-state index in [-0.39, 0.29) is 32.2 Å². The van der Waals surface area contributed by atoms with E-state index >= 15 is 0 Å². The Labute approximate surface area is 548 Å². The second-order valence-electron chi connectivity index (χ2n) is 25.1. The molecule has 9 heteroatoms. The topological polar surface area (TPSA) is 108 Å². The molecule has 2 atom stereocenters. The van der Waals surface area contributed by atoms with Crippen LogP contribution in [-0.4, -0.2) is 87.4 Å². The van der Waals surface area contributed by atoms with E-state index in [1.807, 2.05) is 21.1 Å². The maximum Gasteiger partial charge on any atom is 0.361 e. The number of ether oxygens (including phenoxy) is 4. The number of carboxylic acid groups (broad SMARTS) is 1. The number of quaternary nitrogens is 1. The summed E-state index contributed by atoms with van der Waals surface area (Å²) in [6, 6.07) is 0. The van der Waals surface area contributed by atoms with E-state index in [9.17, 15) is 19.5 Å². The largest absolute Gasteiger partial charge is 0.477 e. The SMILES string of the molecule is CC/C=C\C/C=C\C/C=C\C/C=C\C/C=C\C/C=C\C/C=C\CCCCCCCCCCCCCCCCCCCC(=O)OC(COC(=O)CCCCCCCCCCCCCC/C=C\C/C=C\C/C=C\C/C=C\CC)COC(OCC[N+](C)(C)C)C(=O)O. The monoisotopic (exact) mass is 1240 g/mol. The summed E-state index contributed by atoms with van der Waals surface area (Å²) in [5, 5.41) is 9.75. The van der Waals surface area contributed by atoms with Crippen LogP contribution in [0.4, 0.5) is 0 Å². The summed E-state index contributed by atoms with van der Waals surface area (Å²) in [4.78, 5) is 37.7. The molecule has 0 aromatic carbocycles. The molecular formula is C80H136NO8+. The molecule has 0 spiro atoms. The first-order valence-electron chi connectivity index (χ1n) is 36.3. The fraction of sp³-hybridized carbons (Fsp3) is 0.688. The lowest BCUT2D eigenvalue weighted by Gasteiger charge is -2.25. The smallest absolute Gasteiger partial charge is 0.361 e. The Morgan fingerprint density at radius 1 is 0.337 bits per heavy atom. The molecule has 0 aliphatic carbocycles. The van der Waals surface area contributed by atoms with Gasteiger partial charge in [-0.2, -0.15) is 0 Å². The van der Waals surface area contributed by atoms with E-state index in [0.29, 0.717) is 17.4 Å². The molecule has 0 aliphatic rings. The highest BCUT2D eigenvalue weighted by Gasteiger charge is 2.25. The minimum atomic E-state index is -1.52. The van der Waals surface area contributed by atoms with Gasteiger partial charge in [-0.25, -0.2) is 4.79 Å². The van der Waals surface area contributed by atoms with Crippen LogP contribution in [0.25, 0.3) is 0 Å². The standard InChI is InChI=1S/C80H135NO8/c1-6-8-10-12-14-16-18-20-22-24-26-28-30-32-33-34-35-36-37-38-39-40-41-42-43-44-45-47-49-51-53-55-57-59-61-63-65-67-69-71-78(83)89-76(75-88-80(79(84)85)86-73-72-81(3,4)5)74-87-77(82)70-68-66-64-62-60-58-56-54-52-50-48-46-31-29-27-25-23-21-19-17-15-13-11-9-7-2/h8-11,14-17,20-23,26-29,32-33,35-36,38-39,76,80H,6-7,12-13,18-19,24-25,30-31,34,37,40-75H2,1-5H3/p+1/b10-8-,11-9-,16-14-,17-15-,22-20-,23-21-,28-26-,29-27-,33-32-,36-35-,39-38-. The third-order valence-electron chi connectivity index (χ3n) is 15.4. The number of aliphatic carboxylic acids is 1. The van der Waals surface area contributed by atoms with Crippen molar-refractivity contribution < 1.29 is 42.9 Å². The highest BCUT2D eigenvalue weighted by molar-refractivity contribution is 5.71. The van der Waals surface area contributed by atoms with Gasteiger partial charge in [-0.3, -0.25) is 9.59 Å². The van der Waals surface area contributed by atoms with Crippen LogP contribution in [0, 0.1) is 0 Å². The summed E-state index contributed by atoms with van der Waals surface area (Å²) >= 11 is 0. The molecule has 1 N–H and O–H groups in total. The van der Waals surface area contributed by atoms with Crippen molar-refractivity contribution >= 4 is 17.9 Å². The van der Waals surface area contributed by atoms with Crippen molar-refractivity contribution in [1.82, 2.24) is 0 Å². The minimum Gasteiger partial charge on any atom is -0.477 e. The number of unbranched alkanes of at least 4 members (excludes halogenated alkanes) is 29. The number of hydrogen-bond acceptors (Lipinski definition) is 7. The molecule has 0 aromatic heterocycles. The molecule has 0 saturated carbocycles. The average Bonchev–Trinajstić information content (AvgIpc) is 3.64. The lowest BCUT2D eigenvalue weighted by atomic mass is 10.0. The number of carbonyl (C=O) groups is 3. The van der Waals surface area contributed by atoms with Crippen LogP contribution >= 0.6 is 0 Å². The molecule has 0 aliphatic heterocycles. The summed E-state index contributed by atoms with van der Waals surface area (Å²) in [6.07, 6.45) is 97.1. The van der Waals surface area contributed by atoms with Crippen molar-refractivity contribution in [3.05, 3.63) is 134 Å². The first kappa shape index (κ1) is 84.4. The summed E-state index contributed by atoms with van der Waals surface area (Å²) in [7, 11) is 5.98. The number of esters is 2. The van der Waals surface area contributed by atoms with E-state index in [2.05, 4.69) is 148 Å². The number of nitrogens with zero attached hydrogens (tertiary/aromatic N) is 1. The van der Waals surface area contributed by atoms with Gasteiger partial charge >= 0.3 is 17.9 Å². The molecule has 0 amide bonds. The fourth-order valence-corrected chi connectivity index (χ4v) is 9.93. The van der Waals surface area contributed by atoms with Gasteiger partial charge in [0.25, 0.3) is 6.29 Å². The Morgan fingerprint density at radius 2 is 0.607 bits per heavy atom. The molecule has 0 saturated heterocycles. The summed E-state index contributed by atoms with van der Waals surface area (Å²) in [5.74, 6) is -2.00. The van der Waals surface area contributed by atoms with Crippen molar-refractivity contribution in [3.63, 3.8) is 0 Å². The number of allylic oxidation sites excluding steroid dienone is 22. The van der Waals surface area contributed by atoms with Gasteiger partial charge in [-0.1, -0.05) is 308 Å². The molecule has 0 rings (SSSR count). The van der Waals surface area contributed by atoms with Gasteiger partial charge < -0.3 is 28.5 Å². The van der Waals surface area contributed by atoms with Crippen molar-refractivity contribution in [3.8, 4) is 0 Å². The Balaban J connectivity index is 4.07. The van der Waals surface area contributed by atoms with Crippen molar-refractivity contribution in [1.29, 1.82) is 0 Å². The maximum absolute atomic E-state index is 13.0. The predicted molar refractivity (Wildman–Crippen MR) is 382 cm³/mol. The minimum absolute atomic E-state index is 0.183. The molecule has 0 fully saturated rings. The number of carboxylic acids is 1. The zero-order chi connectivity index (χ0) is 64.7. The van der Waals surface area contributed by atoms with Crippen LogP contribution < -0.4 is 0 Å². The summed E-state index contributed by atoms with van der Waals surface area (Å²) in [6.45, 7) is 4.67. The molecule has 2 unspecified atom stereocenters. The summed E-state index contributed by atoms with van der Waals surface area (Å²) < 4.78 is 23.0. The number of carbonyl (C=O) groups excluding carboxylic acids is 2. The Morgan fingerprint density at radius 3 is 0.899 bits per heavy atom. The molecule has 89 heavy (non-hydrogen) atoms. The van der Waals surface area contributed by atoms with E-state index < -0.39 is 24.3 Å². The van der Waals surface area contributed by atoms with Crippen LogP contribution in [0.1, 0.15) is 296 Å². The Bertz CT molecular complexity index is 1930. The Hall–Kier alpha value is -4.57. The van der Waals surface area contributed by atoms with Gasteiger partial charge in [0.05, 0.1) is 34.4 Å². The van der Waals surface area contributed by atoms with Crippen LogP contribution in [0.3, 0.4) is 0 Å². The second-order valence-corrected chi connectivity index (χ2v) is 25.1. The second kappa shape index (κ2) is 69.3. The zero-order valence-electron chi connectivity index (χ0n) is 58.0. The van der Waals surface area contributed by atoms with Gasteiger partial charge in [0.1, 0.15) is 13.2 Å². The van der Waals surface area contributed by atoms with Gasteiger partial charge in [-0.05, 0) is 109 Å². The first-order chi connectivity index (χ1) is 43.6. The Kier molecular flexibility index (Phi) is 65.8. The molecule has 9 nitrogen and oxygen atoms in total. The van der Waals surface area contributed by atoms with Gasteiger partial charge in [0.15, 0.2) is 6.10 Å². The van der Waals surface area contributed by atoms with Crippen molar-refractivity contribution in [2.75, 3.05) is 47.5 Å². The predicted octanol–water partition coefficient (Wildman–Crippen LogP) is 22.9. The van der Waals surface area contributed by atoms with Gasteiger partial charge in [-0.15, -0.1) is 0 Å². The molecule has 0 radical (unpaired) electrons. The highest BCUT2D eigenvalue weighted by Crippen LogP contribution is 2.17. The van der Waals surface area contributed by atoms with E-state index in [4.69, 9.17) is 18.9 Å². The van der Waals surface area contributed by atoms with Crippen LogP contribution in [0.5, 0.6) is 0 Å². The maximum atomic E-state index is 13.0. The zero-order valence-corrected chi connectivity index (χ0v) is 58.0. The van der Waals surface area contributed by atoms with E-state index in [1.54, 1.807) is 0 Å². The molecule has 508 valence electrons. The van der Waals surface area contributed by atoms with Crippen LogP contribution in [0.2, 0.25) is 0 Å². The normalized spacial score (nSPS) is 13.5. The third-order valence-corrected chi connectivity index (χ3v) is 15.4. The number of rotatable bonds is 66. The van der Waals surface area contributed by atoms with Crippen molar-refractivity contribution in [2.45, 2.75) is 309 Å². The third kappa shape index (κ3) is 70.7. The van der Waals surface area contributed by atoms with Gasteiger partial charge in [0.2, 0.25) is 0 Å². The van der Waals surface area contributed by atoms with Crippen LogP contribution in [-0.2, 0) is 33.3 Å². The number of likely N-dealkylation sites (N-methyl/N-ethyl adjacent to an activating group) is 1. The fourth-order valence-electron chi connectivity index (χ4n) is 9.93. The van der Waals surface area contributed by atoms with Crippen LogP contribution in [0.15, 0.2) is 134 Å². The quantitative estimate of drug-likeness (QED) is 0.0211. The average molecular weight is 1240 g/mol. The number of hydrogen-bond donors (Lipinski definition) is 1. The lowest BCUT2D eigenvalue weighted by molar-refractivity contribution is -0.870. The molecule has 0 aromatic rings. The molecule has 0 bridgehead atoms. The molecule has 0 heterocycles. The van der Waals surface area contributed by atoms with E-state index in [0.717, 1.165) is 109 Å². The highest BCUT2D eigenvalue weighted by atomic mass is 16.7. The first-order valence-corrected chi connectivity index (χ1v) is 36.3. The van der Waals surface area contributed by atoms with E-state index in [1.165, 1.54) is 161 Å². The lowest BCUT2D eigenvalue weighted by Crippen LogP contribution is -2.40. The summed E-state index contributed by atoms with van der Waals surface area (Å²) in [5.41, 5.74) is 0.